The van der Waals surface area contributed by atoms with E-state index in [0.717, 1.165) is 38.5 Å². The molecule has 2 unspecified atom stereocenters. The summed E-state index contributed by atoms with van der Waals surface area (Å²) in [5.41, 5.74) is 2.72. The molecule has 0 saturated heterocycles. The summed E-state index contributed by atoms with van der Waals surface area (Å²) in [5, 5.41) is 0. The minimum atomic E-state index is -0.472. The fourth-order valence-electron chi connectivity index (χ4n) is 6.99. The van der Waals surface area contributed by atoms with Crippen LogP contribution in [0.3, 0.4) is 0 Å². The quantitative estimate of drug-likeness (QED) is 0.460. The van der Waals surface area contributed by atoms with Gasteiger partial charge in [-0.15, -0.1) is 0 Å². The van der Waals surface area contributed by atoms with Gasteiger partial charge < -0.3 is 9.53 Å². The lowest BCUT2D eigenvalue weighted by molar-refractivity contribution is -0.150. The zero-order chi connectivity index (χ0) is 22.4. The van der Waals surface area contributed by atoms with Gasteiger partial charge in [0.25, 0.3) is 0 Å². The summed E-state index contributed by atoms with van der Waals surface area (Å²) in [6.45, 7) is 5.82. The molecule has 2 fully saturated rings. The maximum Gasteiger partial charge on any atom is 0.306 e. The Bertz CT molecular complexity index is 880. The van der Waals surface area contributed by atoms with Gasteiger partial charge in [-0.25, -0.2) is 0 Å². The standard InChI is InChI=1S/C26H34O5/c1-16(27)4-9-24(30)31-15-23(29)22-8-7-20-19-6-5-17-14-18(28)10-12-25(17,2)21(19)11-13-26(20,22)3/h11,14,19-20,22H,4-10,12-13,15H2,1-3H3/t19?,20?,22-,25+,26+/m1/s1. The van der Waals surface area contributed by atoms with Crippen LogP contribution in [0.1, 0.15) is 78.6 Å². The van der Waals surface area contributed by atoms with Gasteiger partial charge in [0.15, 0.2) is 11.6 Å². The zero-order valence-electron chi connectivity index (χ0n) is 19.0. The maximum absolute atomic E-state index is 13.0. The predicted octanol–water partition coefficient (Wildman–Crippen LogP) is 4.54. The van der Waals surface area contributed by atoms with E-state index in [1.54, 1.807) is 0 Å². The van der Waals surface area contributed by atoms with Crippen LogP contribution in [0.25, 0.3) is 0 Å². The first-order valence-electron chi connectivity index (χ1n) is 11.8. The number of ether oxygens (including phenoxy) is 1. The van der Waals surface area contributed by atoms with E-state index in [9.17, 15) is 19.2 Å². The second-order valence-electron chi connectivity index (χ2n) is 10.5. The minimum absolute atomic E-state index is 0.00644. The summed E-state index contributed by atoms with van der Waals surface area (Å²) in [6, 6.07) is 0. The predicted molar refractivity (Wildman–Crippen MR) is 116 cm³/mol. The zero-order valence-corrected chi connectivity index (χ0v) is 19.0. The monoisotopic (exact) mass is 426 g/mol. The number of carbonyl (C=O) groups excluding carboxylic acids is 4. The molecule has 0 aromatic rings. The van der Waals surface area contributed by atoms with Crippen LogP contribution in [-0.2, 0) is 23.9 Å². The van der Waals surface area contributed by atoms with Crippen LogP contribution in [0.15, 0.2) is 23.3 Å². The molecule has 168 valence electrons. The number of hydrogen-bond acceptors (Lipinski definition) is 5. The van der Waals surface area contributed by atoms with Crippen molar-refractivity contribution >= 4 is 23.3 Å². The highest BCUT2D eigenvalue weighted by molar-refractivity contribution is 5.92. The average molecular weight is 427 g/mol. The van der Waals surface area contributed by atoms with E-state index in [-0.39, 0.29) is 53.5 Å². The highest BCUT2D eigenvalue weighted by atomic mass is 16.5. The molecule has 5 heteroatoms. The molecular weight excluding hydrogens is 392 g/mol. The van der Waals surface area contributed by atoms with Crippen LogP contribution >= 0.6 is 0 Å². The molecule has 0 aromatic carbocycles. The van der Waals surface area contributed by atoms with Gasteiger partial charge in [0, 0.05) is 24.2 Å². The molecule has 0 bridgehead atoms. The van der Waals surface area contributed by atoms with Crippen LogP contribution in [0.5, 0.6) is 0 Å². The van der Waals surface area contributed by atoms with Crippen LogP contribution in [0.2, 0.25) is 0 Å². The van der Waals surface area contributed by atoms with Crippen molar-refractivity contribution in [3.05, 3.63) is 23.3 Å². The molecule has 4 rings (SSSR count). The molecule has 0 aliphatic heterocycles. The number of carbonyl (C=O) groups is 4. The second kappa shape index (κ2) is 8.14. The van der Waals surface area contributed by atoms with Crippen molar-refractivity contribution in [2.75, 3.05) is 6.61 Å². The van der Waals surface area contributed by atoms with Crippen molar-refractivity contribution in [1.29, 1.82) is 0 Å². The Morgan fingerprint density at radius 1 is 1.10 bits per heavy atom. The fraction of sp³-hybridized carbons (Fsp3) is 0.692. The number of Topliss-reactive ketones (excluding diaryl/α,β-unsaturated/α-hetero) is 2. The van der Waals surface area contributed by atoms with Crippen molar-refractivity contribution < 1.29 is 23.9 Å². The van der Waals surface area contributed by atoms with Crippen molar-refractivity contribution in [2.24, 2.45) is 28.6 Å². The van der Waals surface area contributed by atoms with E-state index in [1.165, 1.54) is 18.1 Å². The van der Waals surface area contributed by atoms with E-state index >= 15 is 0 Å². The largest absolute Gasteiger partial charge is 0.458 e. The third kappa shape index (κ3) is 3.85. The van der Waals surface area contributed by atoms with Crippen molar-refractivity contribution in [3.63, 3.8) is 0 Å². The number of esters is 1. The van der Waals surface area contributed by atoms with Crippen LogP contribution in [0.4, 0.5) is 0 Å². The van der Waals surface area contributed by atoms with E-state index in [0.29, 0.717) is 18.3 Å². The number of fused-ring (bicyclic) bond motifs is 5. The average Bonchev–Trinajstić information content (AvgIpc) is 3.08. The van der Waals surface area contributed by atoms with Gasteiger partial charge in [0.1, 0.15) is 12.4 Å². The maximum atomic E-state index is 13.0. The lowest BCUT2D eigenvalue weighted by atomic mass is 9.51. The molecule has 4 aliphatic rings. The van der Waals surface area contributed by atoms with E-state index in [1.807, 2.05) is 6.08 Å². The van der Waals surface area contributed by atoms with Crippen LogP contribution < -0.4 is 0 Å². The van der Waals surface area contributed by atoms with Crippen molar-refractivity contribution in [1.82, 2.24) is 0 Å². The first-order valence-corrected chi connectivity index (χ1v) is 11.8. The van der Waals surface area contributed by atoms with Crippen molar-refractivity contribution in [3.8, 4) is 0 Å². The summed E-state index contributed by atoms with van der Waals surface area (Å²) < 4.78 is 5.20. The van der Waals surface area contributed by atoms with Gasteiger partial charge in [0.2, 0.25) is 0 Å². The molecule has 0 N–H and O–H groups in total. The molecule has 5 nitrogen and oxygen atoms in total. The van der Waals surface area contributed by atoms with Crippen LogP contribution in [0, 0.1) is 28.6 Å². The number of hydrogen-bond donors (Lipinski definition) is 0. The molecule has 0 radical (unpaired) electrons. The van der Waals surface area contributed by atoms with Gasteiger partial charge in [-0.05, 0) is 68.8 Å². The van der Waals surface area contributed by atoms with E-state index < -0.39 is 5.97 Å². The Hall–Kier alpha value is -2.04. The molecule has 31 heavy (non-hydrogen) atoms. The van der Waals surface area contributed by atoms with Crippen LogP contribution in [-0.4, -0.2) is 29.9 Å². The van der Waals surface area contributed by atoms with Gasteiger partial charge >= 0.3 is 5.97 Å². The van der Waals surface area contributed by atoms with E-state index in [2.05, 4.69) is 19.9 Å². The lowest BCUT2D eigenvalue weighted by Crippen LogP contribution is -2.45. The van der Waals surface area contributed by atoms with Gasteiger partial charge in [0.05, 0.1) is 6.42 Å². The summed E-state index contributed by atoms with van der Waals surface area (Å²) >= 11 is 0. The normalized spacial score (nSPS) is 36.5. The number of ketones is 3. The summed E-state index contributed by atoms with van der Waals surface area (Å²) in [6.07, 6.45) is 10.8. The Morgan fingerprint density at radius 3 is 2.61 bits per heavy atom. The number of rotatable bonds is 6. The molecule has 2 saturated carbocycles. The summed E-state index contributed by atoms with van der Waals surface area (Å²) in [7, 11) is 0. The Labute approximate surface area is 184 Å². The summed E-state index contributed by atoms with van der Waals surface area (Å²) in [5.74, 6) is 0.603. The number of allylic oxidation sites excluding steroid dienone is 4. The Morgan fingerprint density at radius 2 is 1.87 bits per heavy atom. The van der Waals surface area contributed by atoms with Gasteiger partial charge in [-0.2, -0.15) is 0 Å². The highest BCUT2D eigenvalue weighted by Crippen LogP contribution is 2.64. The minimum Gasteiger partial charge on any atom is -0.458 e. The molecule has 4 aliphatic carbocycles. The smallest absolute Gasteiger partial charge is 0.306 e. The summed E-state index contributed by atoms with van der Waals surface area (Å²) in [4.78, 5) is 47.9. The third-order valence-corrected chi connectivity index (χ3v) is 8.78. The van der Waals surface area contributed by atoms with E-state index in [4.69, 9.17) is 4.74 Å². The first-order chi connectivity index (χ1) is 14.6. The SMILES string of the molecule is CC(=O)CCC(=O)OCC(=O)[C@H]1CCC2C3CCC4=CC(=O)CC[C@]4(C)C3=CC[C@@]21C. The van der Waals surface area contributed by atoms with Gasteiger partial charge in [-0.1, -0.05) is 31.1 Å². The second-order valence-corrected chi connectivity index (χ2v) is 10.5. The molecular formula is C26H34O5. The molecule has 0 amide bonds. The Kier molecular flexibility index (Phi) is 5.82. The van der Waals surface area contributed by atoms with Gasteiger partial charge in [-0.3, -0.25) is 14.4 Å². The highest BCUT2D eigenvalue weighted by Gasteiger charge is 2.57. The molecule has 5 atom stereocenters. The lowest BCUT2D eigenvalue weighted by Gasteiger charge is -2.53. The molecule has 0 spiro atoms. The first kappa shape index (κ1) is 22.2. The third-order valence-electron chi connectivity index (χ3n) is 8.78. The van der Waals surface area contributed by atoms with Crippen molar-refractivity contribution in [2.45, 2.75) is 78.6 Å². The topological polar surface area (TPSA) is 77.5 Å². The molecule has 0 heterocycles. The Balaban J connectivity index is 1.47. The molecule has 0 aromatic heterocycles. The fourth-order valence-corrected chi connectivity index (χ4v) is 6.99.